The summed E-state index contributed by atoms with van der Waals surface area (Å²) in [5.74, 6) is 0.925. The van der Waals surface area contributed by atoms with E-state index in [-0.39, 0.29) is 12.4 Å². The van der Waals surface area contributed by atoms with Crippen LogP contribution in [0.15, 0.2) is 48.5 Å². The Labute approximate surface area is 158 Å². The number of benzene rings is 2. The molecule has 132 valence electrons. The summed E-state index contributed by atoms with van der Waals surface area (Å²) < 4.78 is 6.79. The molecule has 4 nitrogen and oxygen atoms in total. The summed E-state index contributed by atoms with van der Waals surface area (Å²) >= 11 is 1.76. The molecule has 0 radical (unpaired) electrons. The van der Waals surface area contributed by atoms with Crippen LogP contribution in [-0.4, -0.2) is 37.8 Å². The molecule has 0 atom stereocenters. The third kappa shape index (κ3) is 3.83. The van der Waals surface area contributed by atoms with Gasteiger partial charge in [0.2, 0.25) is 0 Å². The van der Waals surface area contributed by atoms with E-state index in [0.717, 1.165) is 42.6 Å². The van der Waals surface area contributed by atoms with Gasteiger partial charge in [0, 0.05) is 31.9 Å². The van der Waals surface area contributed by atoms with Crippen molar-refractivity contribution in [3.63, 3.8) is 0 Å². The Morgan fingerprint density at radius 1 is 1.00 bits per heavy atom. The third-order valence-corrected chi connectivity index (χ3v) is 5.41. The van der Waals surface area contributed by atoms with Crippen LogP contribution in [0.5, 0.6) is 5.75 Å². The number of hydrogen-bond acceptors (Lipinski definition) is 5. The van der Waals surface area contributed by atoms with Crippen molar-refractivity contribution < 1.29 is 4.74 Å². The van der Waals surface area contributed by atoms with E-state index in [1.807, 2.05) is 13.0 Å². The molecule has 1 aliphatic rings. The Bertz CT molecular complexity index is 816. The smallest absolute Gasteiger partial charge is 0.186 e. The number of piperazine rings is 1. The summed E-state index contributed by atoms with van der Waals surface area (Å²) in [6.07, 6.45) is 0. The summed E-state index contributed by atoms with van der Waals surface area (Å²) in [5.41, 5.74) is 2.37. The average molecular weight is 376 g/mol. The molecule has 3 aromatic rings. The lowest BCUT2D eigenvalue weighted by Gasteiger charge is -2.35. The Kier molecular flexibility index (Phi) is 5.66. The minimum atomic E-state index is 0. The van der Waals surface area contributed by atoms with Crippen molar-refractivity contribution in [2.75, 3.05) is 42.6 Å². The van der Waals surface area contributed by atoms with Crippen molar-refractivity contribution in [3.8, 4) is 5.75 Å². The van der Waals surface area contributed by atoms with Crippen LogP contribution < -0.4 is 14.5 Å². The van der Waals surface area contributed by atoms with Crippen molar-refractivity contribution in [1.29, 1.82) is 0 Å². The maximum absolute atomic E-state index is 5.59. The molecule has 0 amide bonds. The van der Waals surface area contributed by atoms with Crippen molar-refractivity contribution in [2.45, 2.75) is 6.92 Å². The van der Waals surface area contributed by atoms with Crippen LogP contribution in [-0.2, 0) is 0 Å². The fourth-order valence-corrected chi connectivity index (χ4v) is 4.12. The van der Waals surface area contributed by atoms with Gasteiger partial charge in [-0.25, -0.2) is 4.98 Å². The van der Waals surface area contributed by atoms with Gasteiger partial charge in [-0.1, -0.05) is 29.5 Å². The predicted molar refractivity (Wildman–Crippen MR) is 109 cm³/mol. The van der Waals surface area contributed by atoms with E-state index < -0.39 is 0 Å². The monoisotopic (exact) mass is 375 g/mol. The maximum atomic E-state index is 5.59. The minimum Gasteiger partial charge on any atom is -0.494 e. The van der Waals surface area contributed by atoms with Gasteiger partial charge in [0.15, 0.2) is 5.13 Å². The second kappa shape index (κ2) is 7.93. The highest BCUT2D eigenvalue weighted by Crippen LogP contribution is 2.32. The maximum Gasteiger partial charge on any atom is 0.186 e. The second-order valence-electron chi connectivity index (χ2n) is 5.87. The van der Waals surface area contributed by atoms with Crippen LogP contribution in [0.3, 0.4) is 0 Å². The summed E-state index contributed by atoms with van der Waals surface area (Å²) in [7, 11) is 0. The van der Waals surface area contributed by atoms with Gasteiger partial charge in [0.05, 0.1) is 16.8 Å². The quantitative estimate of drug-likeness (QED) is 0.673. The molecular weight excluding hydrogens is 354 g/mol. The fourth-order valence-electron chi connectivity index (χ4n) is 3.08. The zero-order chi connectivity index (χ0) is 16.4. The van der Waals surface area contributed by atoms with E-state index in [2.05, 4.69) is 52.3 Å². The van der Waals surface area contributed by atoms with Crippen LogP contribution in [0.4, 0.5) is 10.8 Å². The first-order valence-electron chi connectivity index (χ1n) is 8.42. The van der Waals surface area contributed by atoms with Crippen molar-refractivity contribution in [3.05, 3.63) is 48.5 Å². The Balaban J connectivity index is 0.00000182. The highest BCUT2D eigenvalue weighted by molar-refractivity contribution is 7.22. The van der Waals surface area contributed by atoms with Gasteiger partial charge in [-0.15, -0.1) is 12.4 Å². The van der Waals surface area contributed by atoms with Gasteiger partial charge in [-0.3, -0.25) is 0 Å². The number of rotatable bonds is 4. The van der Waals surface area contributed by atoms with Gasteiger partial charge >= 0.3 is 0 Å². The van der Waals surface area contributed by atoms with Crippen molar-refractivity contribution in [1.82, 2.24) is 4.98 Å². The predicted octanol–water partition coefficient (Wildman–Crippen LogP) is 4.44. The molecule has 1 aromatic heterocycles. The van der Waals surface area contributed by atoms with E-state index >= 15 is 0 Å². The molecule has 1 fully saturated rings. The highest BCUT2D eigenvalue weighted by atomic mass is 35.5. The molecular formula is C19H22ClN3OS. The molecule has 6 heteroatoms. The molecule has 2 heterocycles. The molecule has 25 heavy (non-hydrogen) atoms. The SMILES string of the molecule is CCOc1ccc2nc(N3CCN(c4ccccc4)CC3)sc2c1.Cl. The standard InChI is InChI=1S/C19H21N3OS.ClH/c1-2-23-16-8-9-17-18(14-16)24-19(20-17)22-12-10-21(11-13-22)15-6-4-3-5-7-15;/h3-9,14H,2,10-13H2,1H3;1H. The lowest BCUT2D eigenvalue weighted by molar-refractivity contribution is 0.341. The second-order valence-corrected chi connectivity index (χ2v) is 6.88. The zero-order valence-corrected chi connectivity index (χ0v) is 15.9. The molecule has 2 aromatic carbocycles. The van der Waals surface area contributed by atoms with Gasteiger partial charge in [-0.05, 0) is 37.3 Å². The van der Waals surface area contributed by atoms with E-state index in [1.54, 1.807) is 11.3 Å². The Hall–Kier alpha value is -1.98. The number of ether oxygens (including phenoxy) is 1. The van der Waals surface area contributed by atoms with Gasteiger partial charge < -0.3 is 14.5 Å². The van der Waals surface area contributed by atoms with Crippen LogP contribution in [0.2, 0.25) is 0 Å². The summed E-state index contributed by atoms with van der Waals surface area (Å²) in [6.45, 7) is 6.78. The van der Waals surface area contributed by atoms with Crippen LogP contribution in [0, 0.1) is 0 Å². The highest BCUT2D eigenvalue weighted by Gasteiger charge is 2.20. The first kappa shape index (κ1) is 17.8. The molecule has 1 aliphatic heterocycles. The van der Waals surface area contributed by atoms with E-state index in [4.69, 9.17) is 9.72 Å². The van der Waals surface area contributed by atoms with Crippen LogP contribution >= 0.6 is 23.7 Å². The molecule has 0 saturated carbocycles. The molecule has 0 N–H and O–H groups in total. The minimum absolute atomic E-state index is 0. The summed E-state index contributed by atoms with van der Waals surface area (Å²) in [4.78, 5) is 9.64. The van der Waals surface area contributed by atoms with Crippen LogP contribution in [0.1, 0.15) is 6.92 Å². The van der Waals surface area contributed by atoms with Gasteiger partial charge in [-0.2, -0.15) is 0 Å². The average Bonchev–Trinajstić information content (AvgIpc) is 3.06. The van der Waals surface area contributed by atoms with E-state index in [0.29, 0.717) is 6.61 Å². The molecule has 1 saturated heterocycles. The topological polar surface area (TPSA) is 28.6 Å². The van der Waals surface area contributed by atoms with Crippen molar-refractivity contribution >= 4 is 44.8 Å². The number of aromatic nitrogens is 1. The summed E-state index contributed by atoms with van der Waals surface area (Å²) in [6, 6.07) is 16.8. The van der Waals surface area contributed by atoms with E-state index in [1.165, 1.54) is 10.4 Å². The normalized spacial score (nSPS) is 14.4. The number of para-hydroxylation sites is 1. The first-order chi connectivity index (χ1) is 11.8. The number of halogens is 1. The van der Waals surface area contributed by atoms with Gasteiger partial charge in [0.1, 0.15) is 5.75 Å². The lowest BCUT2D eigenvalue weighted by Crippen LogP contribution is -2.46. The Morgan fingerprint density at radius 2 is 1.72 bits per heavy atom. The number of hydrogen-bond donors (Lipinski definition) is 0. The van der Waals surface area contributed by atoms with Crippen LogP contribution in [0.25, 0.3) is 10.2 Å². The molecule has 0 unspecified atom stereocenters. The first-order valence-corrected chi connectivity index (χ1v) is 9.23. The third-order valence-electron chi connectivity index (χ3n) is 4.33. The molecule has 0 spiro atoms. The largest absolute Gasteiger partial charge is 0.494 e. The number of thiazole rings is 1. The number of fused-ring (bicyclic) bond motifs is 1. The lowest BCUT2D eigenvalue weighted by atomic mass is 10.2. The Morgan fingerprint density at radius 3 is 2.44 bits per heavy atom. The number of anilines is 2. The molecule has 4 rings (SSSR count). The molecule has 0 bridgehead atoms. The van der Waals surface area contributed by atoms with E-state index in [9.17, 15) is 0 Å². The van der Waals surface area contributed by atoms with Gasteiger partial charge in [0.25, 0.3) is 0 Å². The summed E-state index contributed by atoms with van der Waals surface area (Å²) in [5, 5.41) is 1.12. The number of nitrogens with zero attached hydrogens (tertiary/aromatic N) is 3. The fraction of sp³-hybridized carbons (Fsp3) is 0.316. The van der Waals surface area contributed by atoms with Crippen molar-refractivity contribution in [2.24, 2.45) is 0 Å². The zero-order valence-electron chi connectivity index (χ0n) is 14.2. The molecule has 0 aliphatic carbocycles.